The molecule has 1 aliphatic rings. The van der Waals surface area contributed by atoms with Gasteiger partial charge < -0.3 is 10.4 Å². The standard InChI is InChI=1S/C14H17F2NO2/c1-9-4-5-10(15)11(12(9)16)13(18)17-8-14(19)6-2-3-7-14/h4-5,19H,2-3,6-8H2,1H3,(H,17,18). The third-order valence-electron chi connectivity index (χ3n) is 3.62. The molecule has 1 aromatic rings. The number of benzene rings is 1. The first-order valence-electron chi connectivity index (χ1n) is 6.38. The molecule has 1 saturated carbocycles. The van der Waals surface area contributed by atoms with E-state index in [-0.39, 0.29) is 12.1 Å². The van der Waals surface area contributed by atoms with Crippen LogP contribution in [0.3, 0.4) is 0 Å². The van der Waals surface area contributed by atoms with Gasteiger partial charge in [0.1, 0.15) is 17.2 Å². The fraction of sp³-hybridized carbons (Fsp3) is 0.500. The smallest absolute Gasteiger partial charge is 0.257 e. The van der Waals surface area contributed by atoms with Crippen LogP contribution in [0.4, 0.5) is 8.78 Å². The van der Waals surface area contributed by atoms with E-state index in [1.807, 2.05) is 0 Å². The quantitative estimate of drug-likeness (QED) is 0.884. The van der Waals surface area contributed by atoms with Gasteiger partial charge in [-0.25, -0.2) is 8.78 Å². The highest BCUT2D eigenvalue weighted by atomic mass is 19.1. The monoisotopic (exact) mass is 269 g/mol. The van der Waals surface area contributed by atoms with Crippen LogP contribution in [0.2, 0.25) is 0 Å². The molecule has 19 heavy (non-hydrogen) atoms. The Morgan fingerprint density at radius 2 is 2.00 bits per heavy atom. The molecule has 2 rings (SSSR count). The van der Waals surface area contributed by atoms with E-state index in [1.165, 1.54) is 13.0 Å². The topological polar surface area (TPSA) is 49.3 Å². The summed E-state index contributed by atoms with van der Waals surface area (Å²) in [7, 11) is 0. The molecule has 2 N–H and O–H groups in total. The normalized spacial score (nSPS) is 17.5. The van der Waals surface area contributed by atoms with E-state index in [0.717, 1.165) is 18.9 Å². The van der Waals surface area contributed by atoms with Crippen molar-refractivity contribution in [3.63, 3.8) is 0 Å². The highest BCUT2D eigenvalue weighted by Gasteiger charge is 2.32. The number of hydrogen-bond donors (Lipinski definition) is 2. The number of aryl methyl sites for hydroxylation is 1. The van der Waals surface area contributed by atoms with Crippen molar-refractivity contribution in [3.8, 4) is 0 Å². The first-order valence-corrected chi connectivity index (χ1v) is 6.38. The van der Waals surface area contributed by atoms with E-state index in [4.69, 9.17) is 0 Å². The Morgan fingerprint density at radius 1 is 1.37 bits per heavy atom. The van der Waals surface area contributed by atoms with E-state index in [1.54, 1.807) is 0 Å². The van der Waals surface area contributed by atoms with Gasteiger partial charge in [0, 0.05) is 6.54 Å². The molecule has 1 aromatic carbocycles. The van der Waals surface area contributed by atoms with Gasteiger partial charge in [-0.15, -0.1) is 0 Å². The zero-order chi connectivity index (χ0) is 14.0. The molecule has 0 aliphatic heterocycles. The third kappa shape index (κ3) is 2.92. The van der Waals surface area contributed by atoms with Crippen LogP contribution in [0.15, 0.2) is 12.1 Å². The van der Waals surface area contributed by atoms with Crippen molar-refractivity contribution in [1.29, 1.82) is 0 Å². The van der Waals surface area contributed by atoms with Crippen molar-refractivity contribution in [2.45, 2.75) is 38.2 Å². The first-order chi connectivity index (χ1) is 8.93. The summed E-state index contributed by atoms with van der Waals surface area (Å²) in [6.07, 6.45) is 3.01. The Hall–Kier alpha value is -1.49. The summed E-state index contributed by atoms with van der Waals surface area (Å²) in [4.78, 5) is 11.8. The molecule has 0 atom stereocenters. The van der Waals surface area contributed by atoms with Gasteiger partial charge >= 0.3 is 0 Å². The summed E-state index contributed by atoms with van der Waals surface area (Å²) in [5.41, 5.74) is -1.31. The molecule has 0 unspecified atom stereocenters. The SMILES string of the molecule is Cc1ccc(F)c(C(=O)NCC2(O)CCCC2)c1F. The Kier molecular flexibility index (Phi) is 3.85. The minimum Gasteiger partial charge on any atom is -0.388 e. The average molecular weight is 269 g/mol. The Bertz CT molecular complexity index is 496. The molecule has 0 heterocycles. The summed E-state index contributed by atoms with van der Waals surface area (Å²) in [6, 6.07) is 2.35. The molecule has 0 spiro atoms. The summed E-state index contributed by atoms with van der Waals surface area (Å²) in [5, 5.41) is 12.5. The van der Waals surface area contributed by atoms with Crippen LogP contribution in [0, 0.1) is 18.6 Å². The lowest BCUT2D eigenvalue weighted by Gasteiger charge is -2.22. The third-order valence-corrected chi connectivity index (χ3v) is 3.62. The Balaban J connectivity index is 2.10. The minimum atomic E-state index is -0.938. The van der Waals surface area contributed by atoms with Gasteiger partial charge in [0.25, 0.3) is 5.91 Å². The molecule has 1 amide bonds. The van der Waals surface area contributed by atoms with Gasteiger partial charge in [-0.05, 0) is 31.4 Å². The fourth-order valence-corrected chi connectivity index (χ4v) is 2.41. The van der Waals surface area contributed by atoms with E-state index >= 15 is 0 Å². The largest absolute Gasteiger partial charge is 0.388 e. The Labute approximate surface area is 110 Å². The molecule has 0 aromatic heterocycles. The van der Waals surface area contributed by atoms with Gasteiger partial charge in [-0.1, -0.05) is 18.9 Å². The van der Waals surface area contributed by atoms with Gasteiger partial charge in [0.15, 0.2) is 0 Å². The first kappa shape index (κ1) is 13.9. The maximum Gasteiger partial charge on any atom is 0.257 e. The molecule has 1 fully saturated rings. The van der Waals surface area contributed by atoms with Crippen LogP contribution < -0.4 is 5.32 Å². The van der Waals surface area contributed by atoms with Crippen molar-refractivity contribution >= 4 is 5.91 Å². The van der Waals surface area contributed by atoms with Crippen LogP contribution in [-0.2, 0) is 0 Å². The Morgan fingerprint density at radius 3 is 2.63 bits per heavy atom. The molecule has 0 radical (unpaired) electrons. The van der Waals surface area contributed by atoms with Crippen molar-refractivity contribution in [2.75, 3.05) is 6.54 Å². The zero-order valence-electron chi connectivity index (χ0n) is 10.8. The summed E-state index contributed by atoms with van der Waals surface area (Å²) in [6.45, 7) is 1.49. The molecule has 5 heteroatoms. The summed E-state index contributed by atoms with van der Waals surface area (Å²) >= 11 is 0. The number of rotatable bonds is 3. The number of hydrogen-bond acceptors (Lipinski definition) is 2. The highest BCUT2D eigenvalue weighted by Crippen LogP contribution is 2.28. The van der Waals surface area contributed by atoms with E-state index < -0.39 is 28.7 Å². The molecule has 0 saturated heterocycles. The predicted octanol–water partition coefficient (Wildman–Crippen LogP) is 2.31. The lowest BCUT2D eigenvalue weighted by atomic mass is 10.0. The van der Waals surface area contributed by atoms with Gasteiger partial charge in [-0.2, -0.15) is 0 Å². The number of aliphatic hydroxyl groups is 1. The minimum absolute atomic E-state index is 0.0264. The van der Waals surface area contributed by atoms with Crippen molar-refractivity contribution in [2.24, 2.45) is 0 Å². The fourth-order valence-electron chi connectivity index (χ4n) is 2.41. The van der Waals surface area contributed by atoms with Crippen molar-refractivity contribution in [3.05, 3.63) is 34.9 Å². The predicted molar refractivity (Wildman–Crippen MR) is 66.8 cm³/mol. The summed E-state index contributed by atoms with van der Waals surface area (Å²) in [5.74, 6) is -2.56. The van der Waals surface area contributed by atoms with Gasteiger partial charge in [-0.3, -0.25) is 4.79 Å². The average Bonchev–Trinajstić information content (AvgIpc) is 2.80. The van der Waals surface area contributed by atoms with Crippen molar-refractivity contribution < 1.29 is 18.7 Å². The van der Waals surface area contributed by atoms with E-state index in [2.05, 4.69) is 5.32 Å². The maximum atomic E-state index is 13.7. The number of nitrogens with one attached hydrogen (secondary N) is 1. The van der Waals surface area contributed by atoms with E-state index in [0.29, 0.717) is 12.8 Å². The molecule has 104 valence electrons. The van der Waals surface area contributed by atoms with Gasteiger partial charge in [0.2, 0.25) is 0 Å². The second-order valence-electron chi connectivity index (χ2n) is 5.17. The lowest BCUT2D eigenvalue weighted by molar-refractivity contribution is 0.0447. The number of carbonyl (C=O) groups is 1. The second kappa shape index (κ2) is 5.25. The molecular weight excluding hydrogens is 252 g/mol. The molecule has 0 bridgehead atoms. The number of amides is 1. The summed E-state index contributed by atoms with van der Waals surface area (Å²) < 4.78 is 27.3. The number of carbonyl (C=O) groups excluding carboxylic acids is 1. The second-order valence-corrected chi connectivity index (χ2v) is 5.17. The van der Waals surface area contributed by atoms with Crippen LogP contribution in [0.25, 0.3) is 0 Å². The van der Waals surface area contributed by atoms with Crippen LogP contribution in [0.5, 0.6) is 0 Å². The van der Waals surface area contributed by atoms with E-state index in [9.17, 15) is 18.7 Å². The van der Waals surface area contributed by atoms with Crippen molar-refractivity contribution in [1.82, 2.24) is 5.32 Å². The van der Waals surface area contributed by atoms with Crippen LogP contribution in [-0.4, -0.2) is 23.2 Å². The molecular formula is C14H17F2NO2. The van der Waals surface area contributed by atoms with Crippen LogP contribution in [0.1, 0.15) is 41.6 Å². The molecule has 1 aliphatic carbocycles. The van der Waals surface area contributed by atoms with Gasteiger partial charge in [0.05, 0.1) is 5.60 Å². The number of halogens is 2. The highest BCUT2D eigenvalue weighted by molar-refractivity contribution is 5.95. The lowest BCUT2D eigenvalue weighted by Crippen LogP contribution is -2.41. The van der Waals surface area contributed by atoms with Crippen LogP contribution >= 0.6 is 0 Å². The zero-order valence-corrected chi connectivity index (χ0v) is 10.8. The molecule has 3 nitrogen and oxygen atoms in total. The maximum absolute atomic E-state index is 13.7.